The summed E-state index contributed by atoms with van der Waals surface area (Å²) >= 11 is 0. The Kier molecular flexibility index (Phi) is 7.49. The van der Waals surface area contributed by atoms with Crippen LogP contribution in [0.3, 0.4) is 0 Å². The molecule has 0 radical (unpaired) electrons. The second-order valence-corrected chi connectivity index (χ2v) is 8.36. The fraction of sp³-hybridized carbons (Fsp3) is 0.652. The zero-order chi connectivity index (χ0) is 19.9. The first kappa shape index (κ1) is 20.8. The first-order valence-electron chi connectivity index (χ1n) is 10.9. The van der Waals surface area contributed by atoms with Gasteiger partial charge in [0.05, 0.1) is 12.5 Å². The Morgan fingerprint density at radius 1 is 1.18 bits per heavy atom. The van der Waals surface area contributed by atoms with E-state index >= 15 is 0 Å². The molecular formula is C23H35N3O2. The first-order chi connectivity index (χ1) is 13.6. The Balaban J connectivity index is 1.47. The lowest BCUT2D eigenvalue weighted by Gasteiger charge is -2.36. The van der Waals surface area contributed by atoms with Crippen molar-refractivity contribution in [3.05, 3.63) is 35.4 Å². The lowest BCUT2D eigenvalue weighted by Crippen LogP contribution is -2.41. The van der Waals surface area contributed by atoms with Gasteiger partial charge >= 0.3 is 0 Å². The molecule has 1 aromatic carbocycles. The lowest BCUT2D eigenvalue weighted by atomic mass is 9.90. The number of hydrogen-bond donors (Lipinski definition) is 1. The smallest absolute Gasteiger partial charge is 0.222 e. The minimum absolute atomic E-state index is 0.0354. The van der Waals surface area contributed by atoms with Crippen molar-refractivity contribution in [2.75, 3.05) is 26.7 Å². The molecule has 2 aliphatic rings. The molecule has 0 spiro atoms. The fourth-order valence-corrected chi connectivity index (χ4v) is 4.76. The average Bonchev–Trinajstić information content (AvgIpc) is 2.71. The van der Waals surface area contributed by atoms with E-state index in [2.05, 4.69) is 29.4 Å². The van der Waals surface area contributed by atoms with Crippen LogP contribution in [0.5, 0.6) is 0 Å². The monoisotopic (exact) mass is 385 g/mol. The maximum Gasteiger partial charge on any atom is 0.222 e. The number of nitrogens with one attached hydrogen (secondary N) is 1. The molecule has 1 fully saturated rings. The first-order valence-corrected chi connectivity index (χ1v) is 10.9. The lowest BCUT2D eigenvalue weighted by molar-refractivity contribution is -0.133. The van der Waals surface area contributed by atoms with Crippen LogP contribution in [0.15, 0.2) is 24.3 Å². The summed E-state index contributed by atoms with van der Waals surface area (Å²) in [6.45, 7) is 4.01. The molecule has 1 N–H and O–H groups in total. The summed E-state index contributed by atoms with van der Waals surface area (Å²) in [4.78, 5) is 29.0. The van der Waals surface area contributed by atoms with E-state index in [1.807, 2.05) is 17.0 Å². The second-order valence-electron chi connectivity index (χ2n) is 8.36. The molecule has 1 saturated carbocycles. The van der Waals surface area contributed by atoms with Crippen LogP contribution >= 0.6 is 0 Å². The summed E-state index contributed by atoms with van der Waals surface area (Å²) in [5.41, 5.74) is 2.38. The van der Waals surface area contributed by atoms with Crippen molar-refractivity contribution in [3.63, 3.8) is 0 Å². The minimum Gasteiger partial charge on any atom is -0.356 e. The molecule has 1 heterocycles. The van der Waals surface area contributed by atoms with E-state index in [1.165, 1.54) is 37.7 Å². The van der Waals surface area contributed by atoms with Crippen LogP contribution in [0.25, 0.3) is 0 Å². The van der Waals surface area contributed by atoms with Crippen LogP contribution in [-0.4, -0.2) is 54.3 Å². The maximum atomic E-state index is 12.6. The van der Waals surface area contributed by atoms with Gasteiger partial charge in [-0.25, -0.2) is 0 Å². The molecular weight excluding hydrogens is 350 g/mol. The van der Waals surface area contributed by atoms with Crippen LogP contribution in [-0.2, 0) is 16.0 Å². The van der Waals surface area contributed by atoms with Crippen LogP contribution in [0.1, 0.15) is 69.0 Å². The average molecular weight is 386 g/mol. The van der Waals surface area contributed by atoms with Gasteiger partial charge in [0.15, 0.2) is 0 Å². The molecule has 1 aliphatic heterocycles. The number of carbonyl (C=O) groups is 2. The summed E-state index contributed by atoms with van der Waals surface area (Å²) in [5.74, 6) is 0.0784. The standard InChI is InChI=1S/C23H35N3O2/c1-18(27)26-16-13-19-9-6-7-12-21(19)22(26)17-23(28)24-14-8-15-25(2)20-10-4-3-5-11-20/h6-7,9,12,20,22H,3-5,8,10-11,13-17H2,1-2H3,(H,24,28). The molecule has 2 amide bonds. The predicted octanol–water partition coefficient (Wildman–Crippen LogP) is 3.29. The van der Waals surface area contributed by atoms with Crippen molar-refractivity contribution in [1.82, 2.24) is 15.1 Å². The Hall–Kier alpha value is -1.88. The Morgan fingerprint density at radius 3 is 2.68 bits per heavy atom. The summed E-state index contributed by atoms with van der Waals surface area (Å²) in [7, 11) is 2.21. The van der Waals surface area contributed by atoms with Gasteiger partial charge in [0.1, 0.15) is 0 Å². The largest absolute Gasteiger partial charge is 0.356 e. The molecule has 0 bridgehead atoms. The highest BCUT2D eigenvalue weighted by Crippen LogP contribution is 2.32. The second kappa shape index (κ2) is 10.1. The van der Waals surface area contributed by atoms with E-state index in [-0.39, 0.29) is 17.9 Å². The number of hydrogen-bond acceptors (Lipinski definition) is 3. The Morgan fingerprint density at radius 2 is 1.93 bits per heavy atom. The number of carbonyl (C=O) groups excluding carboxylic acids is 2. The van der Waals surface area contributed by atoms with Gasteiger partial charge in [-0.3, -0.25) is 9.59 Å². The molecule has 1 atom stereocenters. The molecule has 1 unspecified atom stereocenters. The van der Waals surface area contributed by atoms with Gasteiger partial charge in [-0.05, 0) is 50.4 Å². The van der Waals surface area contributed by atoms with Crippen molar-refractivity contribution in [2.45, 2.75) is 70.4 Å². The van der Waals surface area contributed by atoms with E-state index in [4.69, 9.17) is 0 Å². The molecule has 154 valence electrons. The third-order valence-electron chi connectivity index (χ3n) is 6.40. The molecule has 5 nitrogen and oxygen atoms in total. The van der Waals surface area contributed by atoms with Gasteiger partial charge in [-0.1, -0.05) is 43.5 Å². The van der Waals surface area contributed by atoms with Crippen LogP contribution < -0.4 is 5.32 Å². The van der Waals surface area contributed by atoms with Gasteiger partial charge in [0.25, 0.3) is 0 Å². The predicted molar refractivity (Wildman–Crippen MR) is 112 cm³/mol. The Bertz CT molecular complexity index is 670. The zero-order valence-corrected chi connectivity index (χ0v) is 17.5. The highest BCUT2D eigenvalue weighted by Gasteiger charge is 2.30. The number of fused-ring (bicyclic) bond motifs is 1. The number of benzene rings is 1. The third-order valence-corrected chi connectivity index (χ3v) is 6.40. The molecule has 28 heavy (non-hydrogen) atoms. The summed E-state index contributed by atoms with van der Waals surface area (Å²) in [6, 6.07) is 8.76. The summed E-state index contributed by atoms with van der Waals surface area (Å²) in [5, 5.41) is 3.07. The van der Waals surface area contributed by atoms with Gasteiger partial charge in [0.2, 0.25) is 11.8 Å². The molecule has 1 aliphatic carbocycles. The fourth-order valence-electron chi connectivity index (χ4n) is 4.76. The minimum atomic E-state index is -0.146. The van der Waals surface area contributed by atoms with Crippen molar-refractivity contribution >= 4 is 11.8 Å². The van der Waals surface area contributed by atoms with Gasteiger partial charge in [-0.2, -0.15) is 0 Å². The van der Waals surface area contributed by atoms with Crippen molar-refractivity contribution in [2.24, 2.45) is 0 Å². The zero-order valence-electron chi connectivity index (χ0n) is 17.5. The normalized spacial score (nSPS) is 20.1. The Labute approximate surface area is 169 Å². The van der Waals surface area contributed by atoms with E-state index in [9.17, 15) is 9.59 Å². The molecule has 1 aromatic rings. The molecule has 0 saturated heterocycles. The van der Waals surface area contributed by atoms with Gasteiger partial charge in [0, 0.05) is 26.1 Å². The topological polar surface area (TPSA) is 52.7 Å². The molecule has 0 aromatic heterocycles. The van der Waals surface area contributed by atoms with E-state index in [0.29, 0.717) is 25.6 Å². The highest BCUT2D eigenvalue weighted by molar-refractivity contribution is 5.79. The van der Waals surface area contributed by atoms with Crippen LogP contribution in [0.4, 0.5) is 0 Å². The van der Waals surface area contributed by atoms with Crippen molar-refractivity contribution in [1.29, 1.82) is 0 Å². The number of rotatable bonds is 7. The van der Waals surface area contributed by atoms with E-state index in [0.717, 1.165) is 24.9 Å². The number of amides is 2. The van der Waals surface area contributed by atoms with Crippen LogP contribution in [0, 0.1) is 0 Å². The maximum absolute atomic E-state index is 12.6. The molecule has 3 rings (SSSR count). The third kappa shape index (κ3) is 5.34. The van der Waals surface area contributed by atoms with Gasteiger partial charge in [-0.15, -0.1) is 0 Å². The molecule has 5 heteroatoms. The van der Waals surface area contributed by atoms with Crippen molar-refractivity contribution < 1.29 is 9.59 Å². The van der Waals surface area contributed by atoms with E-state index in [1.54, 1.807) is 6.92 Å². The quantitative estimate of drug-likeness (QED) is 0.733. The summed E-state index contributed by atoms with van der Waals surface area (Å²) < 4.78 is 0. The van der Waals surface area contributed by atoms with Gasteiger partial charge < -0.3 is 15.1 Å². The summed E-state index contributed by atoms with van der Waals surface area (Å²) in [6.07, 6.45) is 8.87. The van der Waals surface area contributed by atoms with E-state index < -0.39 is 0 Å². The van der Waals surface area contributed by atoms with Crippen molar-refractivity contribution in [3.8, 4) is 0 Å². The SMILES string of the molecule is CC(=O)N1CCc2ccccc2C1CC(=O)NCCCN(C)C1CCCCC1. The number of nitrogens with zero attached hydrogens (tertiary/aromatic N) is 2. The van der Waals surface area contributed by atoms with Crippen LogP contribution in [0.2, 0.25) is 0 Å². The highest BCUT2D eigenvalue weighted by atomic mass is 16.2.